The Morgan fingerprint density at radius 2 is 2.05 bits per heavy atom. The van der Waals surface area contributed by atoms with E-state index in [-0.39, 0.29) is 6.04 Å². The fraction of sp³-hybridized carbons (Fsp3) is 0.438. The van der Waals surface area contributed by atoms with E-state index in [1.807, 2.05) is 26.0 Å². The van der Waals surface area contributed by atoms with Crippen molar-refractivity contribution in [1.82, 2.24) is 9.88 Å². The van der Waals surface area contributed by atoms with Crippen LogP contribution in [0, 0.1) is 6.92 Å². The minimum absolute atomic E-state index is 0.183. The third-order valence-electron chi connectivity index (χ3n) is 3.41. The van der Waals surface area contributed by atoms with Crippen LogP contribution in [-0.4, -0.2) is 30.1 Å². The van der Waals surface area contributed by atoms with Crippen LogP contribution in [0.4, 0.5) is 0 Å². The third-order valence-corrected chi connectivity index (χ3v) is 4.23. The number of nitrogens with two attached hydrogens (primary N) is 1. The van der Waals surface area contributed by atoms with E-state index in [2.05, 4.69) is 34.4 Å². The maximum absolute atomic E-state index is 5.97. The summed E-state index contributed by atoms with van der Waals surface area (Å²) >= 11 is 1.68. The van der Waals surface area contributed by atoms with Crippen molar-refractivity contribution < 1.29 is 4.74 Å². The molecule has 4 nitrogen and oxygen atoms in total. The zero-order valence-electron chi connectivity index (χ0n) is 12.9. The van der Waals surface area contributed by atoms with Crippen molar-refractivity contribution in [2.75, 3.05) is 20.2 Å². The Hall–Kier alpha value is -1.43. The molecule has 1 atom stereocenters. The molecule has 0 amide bonds. The van der Waals surface area contributed by atoms with Gasteiger partial charge in [0.15, 0.2) is 0 Å². The molecule has 1 heterocycles. The minimum atomic E-state index is 0.183. The van der Waals surface area contributed by atoms with Gasteiger partial charge in [-0.3, -0.25) is 4.90 Å². The van der Waals surface area contributed by atoms with Crippen molar-refractivity contribution in [2.45, 2.75) is 26.4 Å². The van der Waals surface area contributed by atoms with Crippen molar-refractivity contribution in [3.05, 3.63) is 45.9 Å². The number of benzene rings is 1. The quantitative estimate of drug-likeness (QED) is 0.854. The highest BCUT2D eigenvalue weighted by atomic mass is 32.1. The first-order valence-electron chi connectivity index (χ1n) is 7.18. The second kappa shape index (κ2) is 7.54. The van der Waals surface area contributed by atoms with Gasteiger partial charge >= 0.3 is 0 Å². The highest BCUT2D eigenvalue weighted by Crippen LogP contribution is 2.23. The number of hydrogen-bond acceptors (Lipinski definition) is 5. The SMILES string of the molecule is CCOc1ccc(C(CN)N(C)Cc2csc(C)n2)cc1. The van der Waals surface area contributed by atoms with Gasteiger partial charge in [0, 0.05) is 24.5 Å². The van der Waals surface area contributed by atoms with Gasteiger partial charge < -0.3 is 10.5 Å². The number of likely N-dealkylation sites (N-methyl/N-ethyl adjacent to an activating group) is 1. The summed E-state index contributed by atoms with van der Waals surface area (Å²) in [5.41, 5.74) is 8.28. The third kappa shape index (κ3) is 4.27. The fourth-order valence-corrected chi connectivity index (χ4v) is 2.97. The zero-order valence-corrected chi connectivity index (χ0v) is 13.7. The van der Waals surface area contributed by atoms with Crippen LogP contribution in [-0.2, 0) is 6.54 Å². The smallest absolute Gasteiger partial charge is 0.119 e. The summed E-state index contributed by atoms with van der Waals surface area (Å²) in [5.74, 6) is 0.898. The topological polar surface area (TPSA) is 51.4 Å². The van der Waals surface area contributed by atoms with Crippen LogP contribution in [0.25, 0.3) is 0 Å². The average molecular weight is 305 g/mol. The number of rotatable bonds is 7. The second-order valence-corrected chi connectivity index (χ2v) is 6.09. The van der Waals surface area contributed by atoms with Crippen molar-refractivity contribution in [3.63, 3.8) is 0 Å². The molecule has 1 aromatic carbocycles. The summed E-state index contributed by atoms with van der Waals surface area (Å²) in [6.45, 7) is 6.08. The Balaban J connectivity index is 2.07. The Morgan fingerprint density at radius 1 is 1.33 bits per heavy atom. The van der Waals surface area contributed by atoms with Crippen LogP contribution in [0.3, 0.4) is 0 Å². The number of aromatic nitrogens is 1. The first kappa shape index (κ1) is 15.9. The van der Waals surface area contributed by atoms with Gasteiger partial charge in [0.2, 0.25) is 0 Å². The Labute approximate surface area is 130 Å². The van der Waals surface area contributed by atoms with Crippen molar-refractivity contribution in [1.29, 1.82) is 0 Å². The van der Waals surface area contributed by atoms with Gasteiger partial charge in [0.1, 0.15) is 5.75 Å². The molecule has 2 rings (SSSR count). The highest BCUT2D eigenvalue weighted by Gasteiger charge is 2.16. The van der Waals surface area contributed by atoms with Crippen LogP contribution in [0.2, 0.25) is 0 Å². The monoisotopic (exact) mass is 305 g/mol. The van der Waals surface area contributed by atoms with Gasteiger partial charge in [0.05, 0.1) is 17.3 Å². The van der Waals surface area contributed by atoms with Crippen LogP contribution in [0.15, 0.2) is 29.6 Å². The molecule has 0 fully saturated rings. The van der Waals surface area contributed by atoms with Gasteiger partial charge in [-0.15, -0.1) is 11.3 Å². The van der Waals surface area contributed by atoms with Crippen molar-refractivity contribution >= 4 is 11.3 Å². The summed E-state index contributed by atoms with van der Waals surface area (Å²) in [5, 5.41) is 3.21. The molecule has 0 radical (unpaired) electrons. The molecule has 0 saturated heterocycles. The van der Waals surface area contributed by atoms with E-state index in [0.717, 1.165) is 23.0 Å². The molecule has 2 N–H and O–H groups in total. The van der Waals surface area contributed by atoms with Crippen molar-refractivity contribution in [3.8, 4) is 5.75 Å². The summed E-state index contributed by atoms with van der Waals surface area (Å²) in [7, 11) is 2.09. The summed E-state index contributed by atoms with van der Waals surface area (Å²) in [6, 6.07) is 8.36. The van der Waals surface area contributed by atoms with E-state index < -0.39 is 0 Å². The first-order valence-corrected chi connectivity index (χ1v) is 8.06. The summed E-state index contributed by atoms with van der Waals surface area (Å²) in [4.78, 5) is 6.76. The van der Waals surface area contributed by atoms with Crippen LogP contribution >= 0.6 is 11.3 Å². The van der Waals surface area contributed by atoms with Gasteiger partial charge in [-0.1, -0.05) is 12.1 Å². The molecule has 0 saturated carbocycles. The number of nitrogens with zero attached hydrogens (tertiary/aromatic N) is 2. The lowest BCUT2D eigenvalue weighted by molar-refractivity contribution is 0.239. The highest BCUT2D eigenvalue weighted by molar-refractivity contribution is 7.09. The van der Waals surface area contributed by atoms with E-state index in [1.54, 1.807) is 11.3 Å². The number of aryl methyl sites for hydroxylation is 1. The number of thiazole rings is 1. The van der Waals surface area contributed by atoms with Gasteiger partial charge in [-0.05, 0) is 38.6 Å². The lowest BCUT2D eigenvalue weighted by Crippen LogP contribution is -2.30. The van der Waals surface area contributed by atoms with Crippen molar-refractivity contribution in [2.24, 2.45) is 5.73 Å². The molecule has 0 aliphatic heterocycles. The van der Waals surface area contributed by atoms with Crippen LogP contribution < -0.4 is 10.5 Å². The molecule has 21 heavy (non-hydrogen) atoms. The molecular weight excluding hydrogens is 282 g/mol. The van der Waals surface area contributed by atoms with Gasteiger partial charge in [-0.2, -0.15) is 0 Å². The predicted octanol–water partition coefficient (Wildman–Crippen LogP) is 2.98. The van der Waals surface area contributed by atoms with E-state index in [9.17, 15) is 0 Å². The molecule has 0 aliphatic carbocycles. The molecule has 1 unspecified atom stereocenters. The molecule has 2 aromatic rings. The van der Waals surface area contributed by atoms with Gasteiger partial charge in [0.25, 0.3) is 0 Å². The molecule has 0 aliphatic rings. The first-order chi connectivity index (χ1) is 10.1. The lowest BCUT2D eigenvalue weighted by Gasteiger charge is -2.26. The van der Waals surface area contributed by atoms with E-state index >= 15 is 0 Å². The Kier molecular flexibility index (Phi) is 5.73. The standard InChI is InChI=1S/C16H23N3OS/c1-4-20-15-7-5-13(6-8-15)16(9-17)19(3)10-14-11-21-12(2)18-14/h5-8,11,16H,4,9-10,17H2,1-3H3. The lowest BCUT2D eigenvalue weighted by atomic mass is 10.1. The fourth-order valence-electron chi connectivity index (χ4n) is 2.37. The van der Waals surface area contributed by atoms with E-state index in [4.69, 9.17) is 10.5 Å². The molecular formula is C16H23N3OS. The number of hydrogen-bond donors (Lipinski definition) is 1. The Bertz CT molecular complexity index is 553. The molecule has 1 aromatic heterocycles. The minimum Gasteiger partial charge on any atom is -0.494 e. The molecule has 0 bridgehead atoms. The zero-order chi connectivity index (χ0) is 15.2. The maximum Gasteiger partial charge on any atom is 0.119 e. The number of ether oxygens (including phenoxy) is 1. The maximum atomic E-state index is 5.97. The summed E-state index contributed by atoms with van der Waals surface area (Å²) in [6.07, 6.45) is 0. The largest absolute Gasteiger partial charge is 0.494 e. The second-order valence-electron chi connectivity index (χ2n) is 5.03. The summed E-state index contributed by atoms with van der Waals surface area (Å²) < 4.78 is 5.48. The average Bonchev–Trinajstić information content (AvgIpc) is 2.87. The van der Waals surface area contributed by atoms with E-state index in [0.29, 0.717) is 13.2 Å². The normalized spacial score (nSPS) is 12.6. The van der Waals surface area contributed by atoms with E-state index in [1.165, 1.54) is 5.56 Å². The molecule has 0 spiro atoms. The molecule has 5 heteroatoms. The van der Waals surface area contributed by atoms with Crippen LogP contribution in [0.5, 0.6) is 5.75 Å². The Morgan fingerprint density at radius 3 is 2.57 bits per heavy atom. The van der Waals surface area contributed by atoms with Gasteiger partial charge in [-0.25, -0.2) is 4.98 Å². The predicted molar refractivity (Wildman–Crippen MR) is 87.7 cm³/mol. The van der Waals surface area contributed by atoms with Crippen LogP contribution in [0.1, 0.15) is 29.2 Å². The molecule has 114 valence electrons.